The average Bonchev–Trinajstić information content (AvgIpc) is 3.39. The molecule has 41 heavy (non-hydrogen) atoms. The quantitative estimate of drug-likeness (QED) is 0.0924. The van der Waals surface area contributed by atoms with Crippen LogP contribution in [-0.2, 0) is 17.6 Å². The zero-order chi connectivity index (χ0) is 28.3. The van der Waals surface area contributed by atoms with E-state index < -0.39 is 0 Å². The number of aryl methyl sites for hydroxylation is 2. The molecule has 0 radical (unpaired) electrons. The maximum Gasteiger partial charge on any atom is 0.267 e. The van der Waals surface area contributed by atoms with Crippen LogP contribution in [0.15, 0.2) is 93.9 Å². The number of fused-ring (bicyclic) bond motifs is 3. The second-order valence-electron chi connectivity index (χ2n) is 9.87. The highest BCUT2D eigenvalue weighted by molar-refractivity contribution is 7.99. The molecular weight excluding hydrogens is 572 g/mol. The third-order valence-electron chi connectivity index (χ3n) is 7.13. The Morgan fingerprint density at radius 2 is 1.71 bits per heavy atom. The average molecular weight is 599 g/mol. The third kappa shape index (κ3) is 5.86. The van der Waals surface area contributed by atoms with Crippen molar-refractivity contribution in [3.63, 3.8) is 0 Å². The lowest BCUT2D eigenvalue weighted by Gasteiger charge is -2.13. The summed E-state index contributed by atoms with van der Waals surface area (Å²) >= 11 is 8.94. The Hall–Kier alpha value is -3.72. The van der Waals surface area contributed by atoms with Crippen molar-refractivity contribution in [1.29, 1.82) is 0 Å². The van der Waals surface area contributed by atoms with Crippen molar-refractivity contribution in [2.24, 2.45) is 5.10 Å². The Morgan fingerprint density at radius 3 is 2.46 bits per heavy atom. The van der Waals surface area contributed by atoms with Crippen LogP contribution in [0.5, 0.6) is 0 Å². The van der Waals surface area contributed by atoms with Gasteiger partial charge in [-0.2, -0.15) is 5.10 Å². The van der Waals surface area contributed by atoms with Gasteiger partial charge in [0.1, 0.15) is 4.83 Å². The molecule has 9 heteroatoms. The van der Waals surface area contributed by atoms with Gasteiger partial charge in [-0.25, -0.2) is 10.4 Å². The fourth-order valence-electron chi connectivity index (χ4n) is 5.01. The Bertz CT molecular complexity index is 1810. The van der Waals surface area contributed by atoms with E-state index in [0.29, 0.717) is 27.0 Å². The standard InChI is InChI=1S/C32H27ClN4O2S2/c1-20(21-11-13-23(14-12-21)22-7-3-2-4-8-22)35-36-28(38)19-40-32-34-30-29(26-9-5-6-10-27(26)41-30)31(39)37(32)25-17-15-24(33)16-18-25/h2-4,7-8,11-18H,5-6,9-10,19H2,1H3,(H,36,38). The number of nitrogens with zero attached hydrogens (tertiary/aromatic N) is 3. The molecule has 206 valence electrons. The minimum atomic E-state index is -0.280. The summed E-state index contributed by atoms with van der Waals surface area (Å²) in [6.07, 6.45) is 4.08. The highest BCUT2D eigenvalue weighted by Crippen LogP contribution is 2.35. The van der Waals surface area contributed by atoms with Crippen molar-refractivity contribution < 1.29 is 4.79 Å². The number of amides is 1. The van der Waals surface area contributed by atoms with Crippen LogP contribution in [-0.4, -0.2) is 26.9 Å². The van der Waals surface area contributed by atoms with E-state index in [0.717, 1.165) is 52.8 Å². The van der Waals surface area contributed by atoms with Gasteiger partial charge in [0.25, 0.3) is 11.5 Å². The van der Waals surface area contributed by atoms with Crippen LogP contribution in [0, 0.1) is 0 Å². The van der Waals surface area contributed by atoms with E-state index in [4.69, 9.17) is 16.6 Å². The molecule has 0 spiro atoms. The molecule has 0 saturated carbocycles. The topological polar surface area (TPSA) is 76.3 Å². The van der Waals surface area contributed by atoms with Gasteiger partial charge in [-0.3, -0.25) is 14.2 Å². The van der Waals surface area contributed by atoms with Crippen LogP contribution >= 0.6 is 34.7 Å². The molecule has 0 unspecified atom stereocenters. The normalized spacial score (nSPS) is 13.3. The highest BCUT2D eigenvalue weighted by atomic mass is 35.5. The summed E-state index contributed by atoms with van der Waals surface area (Å²) in [5.74, 6) is -0.224. The molecule has 3 aromatic carbocycles. The molecule has 0 atom stereocenters. The van der Waals surface area contributed by atoms with Crippen LogP contribution in [0.1, 0.15) is 35.8 Å². The maximum absolute atomic E-state index is 13.9. The van der Waals surface area contributed by atoms with Crippen molar-refractivity contribution in [1.82, 2.24) is 15.0 Å². The summed E-state index contributed by atoms with van der Waals surface area (Å²) in [6.45, 7) is 1.86. The molecule has 6 rings (SSSR count). The number of nitrogens with one attached hydrogen (secondary N) is 1. The zero-order valence-corrected chi connectivity index (χ0v) is 24.8. The van der Waals surface area contributed by atoms with Gasteiger partial charge in [0.15, 0.2) is 5.16 Å². The second kappa shape index (κ2) is 12.0. The summed E-state index contributed by atoms with van der Waals surface area (Å²) in [5, 5.41) is 6.07. The minimum Gasteiger partial charge on any atom is -0.272 e. The molecule has 0 fully saturated rings. The number of thioether (sulfide) groups is 1. The van der Waals surface area contributed by atoms with Gasteiger partial charge in [-0.05, 0) is 79.1 Å². The Kier molecular flexibility index (Phi) is 8.05. The number of thiophene rings is 1. The first-order valence-corrected chi connectivity index (χ1v) is 15.6. The summed E-state index contributed by atoms with van der Waals surface area (Å²) < 4.78 is 1.60. The number of hydrazone groups is 1. The Morgan fingerprint density at radius 1 is 1.00 bits per heavy atom. The number of halogens is 1. The van der Waals surface area contributed by atoms with Gasteiger partial charge in [0.05, 0.1) is 22.5 Å². The van der Waals surface area contributed by atoms with E-state index in [1.807, 2.05) is 49.4 Å². The predicted octanol–water partition coefficient (Wildman–Crippen LogP) is 7.28. The fraction of sp³-hybridized carbons (Fsp3) is 0.188. The predicted molar refractivity (Wildman–Crippen MR) is 170 cm³/mol. The molecule has 5 aromatic rings. The van der Waals surface area contributed by atoms with E-state index in [1.54, 1.807) is 40.2 Å². The van der Waals surface area contributed by atoms with Crippen LogP contribution < -0.4 is 11.0 Å². The smallest absolute Gasteiger partial charge is 0.267 e. The lowest BCUT2D eigenvalue weighted by atomic mass is 9.97. The molecule has 1 amide bonds. The van der Waals surface area contributed by atoms with Gasteiger partial charge in [0, 0.05) is 9.90 Å². The first-order chi connectivity index (χ1) is 20.0. The number of hydrogen-bond donors (Lipinski definition) is 1. The number of carbonyl (C=O) groups is 1. The monoisotopic (exact) mass is 598 g/mol. The Balaban J connectivity index is 1.21. The first kappa shape index (κ1) is 27.4. The van der Waals surface area contributed by atoms with E-state index >= 15 is 0 Å². The molecule has 1 aliphatic rings. The van der Waals surface area contributed by atoms with Gasteiger partial charge in [0.2, 0.25) is 0 Å². The van der Waals surface area contributed by atoms with Crippen molar-refractivity contribution >= 4 is 56.5 Å². The van der Waals surface area contributed by atoms with E-state index in [-0.39, 0.29) is 17.2 Å². The van der Waals surface area contributed by atoms with Crippen LogP contribution in [0.2, 0.25) is 5.02 Å². The van der Waals surface area contributed by atoms with Crippen molar-refractivity contribution in [3.05, 3.63) is 110 Å². The molecule has 0 bridgehead atoms. The largest absolute Gasteiger partial charge is 0.272 e. The highest BCUT2D eigenvalue weighted by Gasteiger charge is 2.23. The molecule has 1 aliphatic carbocycles. The summed E-state index contributed by atoms with van der Waals surface area (Å²) in [6, 6.07) is 25.3. The van der Waals surface area contributed by atoms with Crippen LogP contribution in [0.3, 0.4) is 0 Å². The van der Waals surface area contributed by atoms with Crippen molar-refractivity contribution in [2.45, 2.75) is 37.8 Å². The third-order valence-corrected chi connectivity index (χ3v) is 9.51. The molecule has 2 aromatic heterocycles. The van der Waals surface area contributed by atoms with Gasteiger partial charge < -0.3 is 0 Å². The van der Waals surface area contributed by atoms with Gasteiger partial charge in [-0.15, -0.1) is 11.3 Å². The molecule has 1 N–H and O–H groups in total. The first-order valence-electron chi connectivity index (χ1n) is 13.4. The lowest BCUT2D eigenvalue weighted by molar-refractivity contribution is -0.118. The number of benzene rings is 3. The van der Waals surface area contributed by atoms with Crippen molar-refractivity contribution in [3.8, 4) is 16.8 Å². The summed E-state index contributed by atoms with van der Waals surface area (Å²) in [4.78, 5) is 33.6. The summed E-state index contributed by atoms with van der Waals surface area (Å²) in [5.41, 5.74) is 8.23. The van der Waals surface area contributed by atoms with E-state index in [1.165, 1.54) is 16.6 Å². The van der Waals surface area contributed by atoms with Gasteiger partial charge in [-0.1, -0.05) is 78.0 Å². The zero-order valence-electron chi connectivity index (χ0n) is 22.4. The molecule has 0 aliphatic heterocycles. The number of carbonyl (C=O) groups excluding carboxylic acids is 1. The van der Waals surface area contributed by atoms with Gasteiger partial charge >= 0.3 is 0 Å². The fourth-order valence-corrected chi connectivity index (χ4v) is 7.24. The second-order valence-corrected chi connectivity index (χ2v) is 12.3. The molecule has 0 saturated heterocycles. The number of rotatable bonds is 7. The number of aromatic nitrogens is 2. The molecular formula is C32H27ClN4O2S2. The van der Waals surface area contributed by atoms with Crippen LogP contribution in [0.25, 0.3) is 27.0 Å². The lowest BCUT2D eigenvalue weighted by Crippen LogP contribution is -2.24. The van der Waals surface area contributed by atoms with E-state index in [9.17, 15) is 9.59 Å². The maximum atomic E-state index is 13.9. The SMILES string of the molecule is CC(=NNC(=O)CSc1nc2sc3c(c2c(=O)n1-c1ccc(Cl)cc1)CCCC3)c1ccc(-c2ccccc2)cc1. The minimum absolute atomic E-state index is 0.0559. The van der Waals surface area contributed by atoms with Crippen LogP contribution in [0.4, 0.5) is 0 Å². The molecule has 2 heterocycles. The number of hydrogen-bond acceptors (Lipinski definition) is 6. The Labute approximate surface area is 251 Å². The van der Waals surface area contributed by atoms with E-state index in [2.05, 4.69) is 22.7 Å². The summed E-state index contributed by atoms with van der Waals surface area (Å²) in [7, 11) is 0. The van der Waals surface area contributed by atoms with Crippen molar-refractivity contribution in [2.75, 3.05) is 5.75 Å². The molecule has 6 nitrogen and oxygen atoms in total.